The molecule has 0 fully saturated rings. The lowest BCUT2D eigenvalue weighted by Crippen LogP contribution is -2.44. The lowest BCUT2D eigenvalue weighted by Gasteiger charge is -2.31. The van der Waals surface area contributed by atoms with Crippen molar-refractivity contribution in [1.29, 1.82) is 0 Å². The third-order valence-corrected chi connectivity index (χ3v) is 3.06. The van der Waals surface area contributed by atoms with E-state index in [1.54, 1.807) is 0 Å². The number of hydrogen-bond donors (Lipinski definition) is 1. The first-order chi connectivity index (χ1) is 8.11. The number of carbonyl (C=O) groups is 1. The van der Waals surface area contributed by atoms with Crippen molar-refractivity contribution in [2.75, 3.05) is 13.1 Å². The summed E-state index contributed by atoms with van der Waals surface area (Å²) in [6, 6.07) is 8.90. The number of Topliss-reactive ketones (excluding diaryl/α,β-unsaturated/α-hetero) is 1. The van der Waals surface area contributed by atoms with E-state index in [1.807, 2.05) is 49.1 Å². The van der Waals surface area contributed by atoms with Crippen LogP contribution in [-0.2, 0) is 4.79 Å². The Balaban J connectivity index is 2.95. The van der Waals surface area contributed by atoms with Gasteiger partial charge in [-0.1, -0.05) is 44.2 Å². The molecule has 0 aliphatic carbocycles. The van der Waals surface area contributed by atoms with Gasteiger partial charge in [0.2, 0.25) is 0 Å². The molecule has 0 bridgehead atoms. The standard InChI is InChI=1S/C14H21NO2/c1-4-15(5-2)13(11(3)16)14(17)12-9-7-6-8-10-12/h6-10,13-14,17H,4-5H2,1-3H3. The highest BCUT2D eigenvalue weighted by atomic mass is 16.3. The molecule has 0 spiro atoms. The Morgan fingerprint density at radius 2 is 1.76 bits per heavy atom. The van der Waals surface area contributed by atoms with Crippen LogP contribution in [0, 0.1) is 0 Å². The maximum Gasteiger partial charge on any atom is 0.149 e. The SMILES string of the molecule is CCN(CC)C(C(C)=O)C(O)c1ccccc1. The molecule has 3 heteroatoms. The van der Waals surface area contributed by atoms with Gasteiger partial charge in [0, 0.05) is 0 Å². The van der Waals surface area contributed by atoms with E-state index >= 15 is 0 Å². The molecule has 94 valence electrons. The topological polar surface area (TPSA) is 40.5 Å². The summed E-state index contributed by atoms with van der Waals surface area (Å²) in [7, 11) is 0. The summed E-state index contributed by atoms with van der Waals surface area (Å²) in [5, 5.41) is 10.3. The molecule has 0 amide bonds. The molecule has 0 aliphatic rings. The first-order valence-electron chi connectivity index (χ1n) is 6.09. The molecular weight excluding hydrogens is 214 g/mol. The summed E-state index contributed by atoms with van der Waals surface area (Å²) in [5.74, 6) is 0.00468. The highest BCUT2D eigenvalue weighted by Crippen LogP contribution is 2.21. The van der Waals surface area contributed by atoms with Crippen LogP contribution in [0.4, 0.5) is 0 Å². The van der Waals surface area contributed by atoms with Crippen molar-refractivity contribution in [1.82, 2.24) is 4.90 Å². The maximum atomic E-state index is 11.7. The van der Waals surface area contributed by atoms with Crippen molar-refractivity contribution in [2.24, 2.45) is 0 Å². The van der Waals surface area contributed by atoms with Gasteiger partial charge in [-0.15, -0.1) is 0 Å². The Morgan fingerprint density at radius 3 is 2.18 bits per heavy atom. The minimum atomic E-state index is -0.756. The summed E-state index contributed by atoms with van der Waals surface area (Å²) in [5.41, 5.74) is 0.791. The van der Waals surface area contributed by atoms with Crippen molar-refractivity contribution in [3.8, 4) is 0 Å². The minimum absolute atomic E-state index is 0.00468. The van der Waals surface area contributed by atoms with Crippen LogP contribution in [0.5, 0.6) is 0 Å². The predicted molar refractivity (Wildman–Crippen MR) is 68.8 cm³/mol. The van der Waals surface area contributed by atoms with Gasteiger partial charge in [-0.2, -0.15) is 0 Å². The molecule has 0 radical (unpaired) electrons. The smallest absolute Gasteiger partial charge is 0.149 e. The summed E-state index contributed by atoms with van der Waals surface area (Å²) in [4.78, 5) is 13.7. The number of hydrogen-bond acceptors (Lipinski definition) is 3. The van der Waals surface area contributed by atoms with Crippen molar-refractivity contribution < 1.29 is 9.90 Å². The zero-order valence-corrected chi connectivity index (χ0v) is 10.8. The fourth-order valence-electron chi connectivity index (χ4n) is 2.13. The summed E-state index contributed by atoms with van der Waals surface area (Å²) in [6.45, 7) is 7.04. The molecule has 3 nitrogen and oxygen atoms in total. The first-order valence-corrected chi connectivity index (χ1v) is 6.09. The van der Waals surface area contributed by atoms with Crippen molar-refractivity contribution in [2.45, 2.75) is 32.9 Å². The van der Waals surface area contributed by atoms with Gasteiger partial charge in [-0.05, 0) is 25.6 Å². The number of aliphatic hydroxyl groups excluding tert-OH is 1. The molecule has 2 atom stereocenters. The fourth-order valence-corrected chi connectivity index (χ4v) is 2.13. The number of rotatable bonds is 6. The van der Waals surface area contributed by atoms with Crippen molar-refractivity contribution in [3.05, 3.63) is 35.9 Å². The molecule has 0 aliphatic heterocycles. The third-order valence-electron chi connectivity index (χ3n) is 3.06. The fraction of sp³-hybridized carbons (Fsp3) is 0.500. The first kappa shape index (κ1) is 13.9. The Hall–Kier alpha value is -1.19. The molecule has 1 N–H and O–H groups in total. The molecule has 17 heavy (non-hydrogen) atoms. The van der Waals surface area contributed by atoms with E-state index in [4.69, 9.17) is 0 Å². The zero-order chi connectivity index (χ0) is 12.8. The van der Waals surface area contributed by atoms with Crippen LogP contribution < -0.4 is 0 Å². The van der Waals surface area contributed by atoms with E-state index in [0.717, 1.165) is 18.7 Å². The van der Waals surface area contributed by atoms with E-state index in [1.165, 1.54) is 6.92 Å². The second kappa shape index (κ2) is 6.52. The molecule has 0 saturated heterocycles. The van der Waals surface area contributed by atoms with E-state index in [-0.39, 0.29) is 5.78 Å². The molecule has 1 rings (SSSR count). The second-order valence-electron chi connectivity index (χ2n) is 4.13. The van der Waals surface area contributed by atoms with Crippen LogP contribution >= 0.6 is 0 Å². The summed E-state index contributed by atoms with van der Waals surface area (Å²) < 4.78 is 0. The van der Waals surface area contributed by atoms with Gasteiger partial charge in [-0.3, -0.25) is 9.69 Å². The van der Waals surface area contributed by atoms with Crippen LogP contribution in [0.15, 0.2) is 30.3 Å². The number of ketones is 1. The number of benzene rings is 1. The molecule has 2 unspecified atom stereocenters. The lowest BCUT2D eigenvalue weighted by molar-refractivity contribution is -0.126. The van der Waals surface area contributed by atoms with Gasteiger partial charge in [0.15, 0.2) is 0 Å². The van der Waals surface area contributed by atoms with E-state index in [0.29, 0.717) is 0 Å². The Morgan fingerprint density at radius 1 is 1.24 bits per heavy atom. The predicted octanol–water partition coefficient (Wildman–Crippen LogP) is 2.02. The van der Waals surface area contributed by atoms with Crippen LogP contribution in [-0.4, -0.2) is 34.9 Å². The number of likely N-dealkylation sites (N-methyl/N-ethyl adjacent to an activating group) is 1. The Labute approximate surface area is 103 Å². The molecule has 0 heterocycles. The van der Waals surface area contributed by atoms with Crippen LogP contribution in [0.3, 0.4) is 0 Å². The monoisotopic (exact) mass is 235 g/mol. The van der Waals surface area contributed by atoms with Crippen LogP contribution in [0.1, 0.15) is 32.4 Å². The quantitative estimate of drug-likeness (QED) is 0.820. The maximum absolute atomic E-state index is 11.7. The second-order valence-corrected chi connectivity index (χ2v) is 4.13. The highest BCUT2D eigenvalue weighted by molar-refractivity contribution is 5.82. The number of aliphatic hydroxyl groups is 1. The van der Waals surface area contributed by atoms with Gasteiger partial charge in [0.25, 0.3) is 0 Å². The average Bonchev–Trinajstić information content (AvgIpc) is 2.35. The van der Waals surface area contributed by atoms with E-state index in [9.17, 15) is 9.90 Å². The van der Waals surface area contributed by atoms with Gasteiger partial charge in [0.1, 0.15) is 11.9 Å². The zero-order valence-electron chi connectivity index (χ0n) is 10.8. The van der Waals surface area contributed by atoms with Gasteiger partial charge >= 0.3 is 0 Å². The van der Waals surface area contributed by atoms with E-state index in [2.05, 4.69) is 0 Å². The average molecular weight is 235 g/mol. The molecule has 1 aromatic rings. The van der Waals surface area contributed by atoms with Gasteiger partial charge < -0.3 is 5.11 Å². The van der Waals surface area contributed by atoms with Crippen molar-refractivity contribution in [3.63, 3.8) is 0 Å². The third kappa shape index (κ3) is 3.38. The molecule has 1 aromatic carbocycles. The largest absolute Gasteiger partial charge is 0.386 e. The normalized spacial score (nSPS) is 14.6. The lowest BCUT2D eigenvalue weighted by atomic mass is 9.98. The van der Waals surface area contributed by atoms with Crippen LogP contribution in [0.25, 0.3) is 0 Å². The van der Waals surface area contributed by atoms with Gasteiger partial charge in [0.05, 0.1) is 6.04 Å². The number of carbonyl (C=O) groups excluding carboxylic acids is 1. The number of nitrogens with zero attached hydrogens (tertiary/aromatic N) is 1. The minimum Gasteiger partial charge on any atom is -0.386 e. The summed E-state index contributed by atoms with van der Waals surface area (Å²) in [6.07, 6.45) is -0.756. The molecule has 0 aromatic heterocycles. The van der Waals surface area contributed by atoms with Crippen LogP contribution in [0.2, 0.25) is 0 Å². The summed E-state index contributed by atoms with van der Waals surface area (Å²) >= 11 is 0. The highest BCUT2D eigenvalue weighted by Gasteiger charge is 2.29. The molecule has 0 saturated carbocycles. The molecular formula is C14H21NO2. The Kier molecular flexibility index (Phi) is 5.32. The van der Waals surface area contributed by atoms with E-state index < -0.39 is 12.1 Å². The van der Waals surface area contributed by atoms with Crippen molar-refractivity contribution >= 4 is 5.78 Å². The van der Waals surface area contributed by atoms with Gasteiger partial charge in [-0.25, -0.2) is 0 Å². The Bertz CT molecular complexity index is 346.